The van der Waals surface area contributed by atoms with E-state index in [9.17, 15) is 4.79 Å². The van der Waals surface area contributed by atoms with Crippen LogP contribution in [0.3, 0.4) is 0 Å². The second kappa shape index (κ2) is 11.3. The van der Waals surface area contributed by atoms with Crippen molar-refractivity contribution in [1.29, 1.82) is 0 Å². The Bertz CT molecular complexity index is 847. The first-order valence-electron chi connectivity index (χ1n) is 9.82. The van der Waals surface area contributed by atoms with Crippen molar-refractivity contribution in [2.45, 2.75) is 37.3 Å². The highest BCUT2D eigenvalue weighted by Gasteiger charge is 2.09. The molecule has 0 saturated heterocycles. The summed E-state index contributed by atoms with van der Waals surface area (Å²) in [6.07, 6.45) is 4.19. The Hall–Kier alpha value is -2.70. The number of thioether (sulfide) groups is 1. The van der Waals surface area contributed by atoms with Gasteiger partial charge in [-0.05, 0) is 18.9 Å². The van der Waals surface area contributed by atoms with Gasteiger partial charge in [-0.15, -0.1) is 0 Å². The Morgan fingerprint density at radius 1 is 0.828 bits per heavy atom. The number of carbonyl (C=O) groups excluding carboxylic acids is 1. The number of nitrogens with one attached hydrogen (secondary N) is 1. The molecule has 0 aliphatic carbocycles. The number of hydroxylamine groups is 1. The van der Waals surface area contributed by atoms with E-state index in [-0.39, 0.29) is 5.91 Å². The molecule has 5 nitrogen and oxygen atoms in total. The predicted octanol–water partition coefficient (Wildman–Crippen LogP) is 5.36. The van der Waals surface area contributed by atoms with Crippen LogP contribution in [0.25, 0.3) is 22.5 Å². The van der Waals surface area contributed by atoms with Crippen molar-refractivity contribution in [2.75, 3.05) is 5.75 Å². The first kappa shape index (κ1) is 21.0. The minimum Gasteiger partial charge on any atom is -0.289 e. The maximum absolute atomic E-state index is 11.0. The fourth-order valence-corrected chi connectivity index (χ4v) is 3.82. The van der Waals surface area contributed by atoms with Gasteiger partial charge in [-0.1, -0.05) is 85.3 Å². The standard InChI is InChI=1S/C23H25N3O2S/c27-22(26-28)15-9-1-2-10-16-29-23-24-20(18-11-5-3-6-12-18)17-21(25-23)19-13-7-4-8-14-19/h3-8,11-14,17,28H,1-2,9-10,15-16H2,(H,26,27). The first-order chi connectivity index (χ1) is 14.3. The van der Waals surface area contributed by atoms with Crippen molar-refractivity contribution in [1.82, 2.24) is 15.4 Å². The molecule has 0 bridgehead atoms. The van der Waals surface area contributed by atoms with Gasteiger partial charge >= 0.3 is 0 Å². The van der Waals surface area contributed by atoms with Crippen LogP contribution in [0.2, 0.25) is 0 Å². The number of carbonyl (C=O) groups is 1. The van der Waals surface area contributed by atoms with Crippen molar-refractivity contribution in [3.8, 4) is 22.5 Å². The Morgan fingerprint density at radius 2 is 1.38 bits per heavy atom. The molecule has 0 aliphatic rings. The molecule has 3 aromatic rings. The minimum atomic E-state index is -0.320. The molecule has 6 heteroatoms. The van der Waals surface area contributed by atoms with Crippen LogP contribution in [-0.2, 0) is 4.79 Å². The number of hydrogen-bond acceptors (Lipinski definition) is 5. The predicted molar refractivity (Wildman–Crippen MR) is 117 cm³/mol. The van der Waals surface area contributed by atoms with Crippen molar-refractivity contribution in [2.24, 2.45) is 0 Å². The molecule has 3 rings (SSSR count). The lowest BCUT2D eigenvalue weighted by Gasteiger charge is -2.09. The molecule has 29 heavy (non-hydrogen) atoms. The fraction of sp³-hybridized carbons (Fsp3) is 0.261. The molecule has 150 valence electrons. The number of rotatable bonds is 10. The SMILES string of the molecule is O=C(CCCCCCSc1nc(-c2ccccc2)cc(-c2ccccc2)n1)NO. The maximum Gasteiger partial charge on any atom is 0.243 e. The summed E-state index contributed by atoms with van der Waals surface area (Å²) in [6, 6.07) is 22.4. The Kier molecular flexibility index (Phi) is 8.22. The average molecular weight is 408 g/mol. The molecule has 0 atom stereocenters. The molecule has 2 aromatic carbocycles. The second-order valence-corrected chi connectivity index (χ2v) is 7.76. The van der Waals surface area contributed by atoms with E-state index in [0.29, 0.717) is 6.42 Å². The molecule has 0 aliphatic heterocycles. The van der Waals surface area contributed by atoms with Gasteiger partial charge in [0.25, 0.3) is 0 Å². The van der Waals surface area contributed by atoms with Crippen LogP contribution >= 0.6 is 11.8 Å². The Morgan fingerprint density at radius 3 is 1.93 bits per heavy atom. The van der Waals surface area contributed by atoms with Crippen LogP contribution in [-0.4, -0.2) is 26.8 Å². The van der Waals surface area contributed by atoms with E-state index in [4.69, 9.17) is 15.2 Å². The van der Waals surface area contributed by atoms with Crippen LogP contribution in [0.4, 0.5) is 0 Å². The fourth-order valence-electron chi connectivity index (χ4n) is 2.96. The number of nitrogens with zero attached hydrogens (tertiary/aromatic N) is 2. The first-order valence-corrected chi connectivity index (χ1v) is 10.8. The number of aromatic nitrogens is 2. The lowest BCUT2D eigenvalue weighted by Crippen LogP contribution is -2.17. The quantitative estimate of drug-likeness (QED) is 0.156. The van der Waals surface area contributed by atoms with Crippen LogP contribution in [0.1, 0.15) is 32.1 Å². The van der Waals surface area contributed by atoms with E-state index >= 15 is 0 Å². The molecule has 0 fully saturated rings. The zero-order valence-corrected chi connectivity index (χ0v) is 17.1. The molecule has 1 heterocycles. The van der Waals surface area contributed by atoms with Gasteiger partial charge in [-0.2, -0.15) is 0 Å². The van der Waals surface area contributed by atoms with Gasteiger partial charge in [0, 0.05) is 23.3 Å². The van der Waals surface area contributed by atoms with Gasteiger partial charge in [-0.25, -0.2) is 15.4 Å². The minimum absolute atomic E-state index is 0.320. The lowest BCUT2D eigenvalue weighted by molar-refractivity contribution is -0.129. The molecule has 0 unspecified atom stereocenters. The third-order valence-corrected chi connectivity index (χ3v) is 5.43. The summed E-state index contributed by atoms with van der Waals surface area (Å²) in [4.78, 5) is 20.5. The zero-order chi connectivity index (χ0) is 20.3. The van der Waals surface area contributed by atoms with Crippen molar-refractivity contribution < 1.29 is 10.0 Å². The summed E-state index contributed by atoms with van der Waals surface area (Å²) < 4.78 is 0. The van der Waals surface area contributed by atoms with Gasteiger partial charge in [0.2, 0.25) is 5.91 Å². The van der Waals surface area contributed by atoms with Gasteiger partial charge in [0.1, 0.15) is 0 Å². The van der Waals surface area contributed by atoms with Gasteiger partial charge in [-0.3, -0.25) is 10.0 Å². The molecule has 1 aromatic heterocycles. The number of hydrogen-bond donors (Lipinski definition) is 2. The maximum atomic E-state index is 11.0. The molecule has 0 saturated carbocycles. The third kappa shape index (κ3) is 6.69. The van der Waals surface area contributed by atoms with E-state index in [1.807, 2.05) is 42.5 Å². The summed E-state index contributed by atoms with van der Waals surface area (Å²) in [5, 5.41) is 9.28. The van der Waals surface area contributed by atoms with Crippen LogP contribution in [0.5, 0.6) is 0 Å². The number of unbranched alkanes of at least 4 members (excludes halogenated alkanes) is 3. The Labute approximate surface area is 175 Å². The van der Waals surface area contributed by atoms with E-state index < -0.39 is 0 Å². The molecule has 0 radical (unpaired) electrons. The van der Waals surface area contributed by atoms with Crippen molar-refractivity contribution in [3.05, 3.63) is 66.7 Å². The van der Waals surface area contributed by atoms with E-state index in [1.54, 1.807) is 17.2 Å². The monoisotopic (exact) mass is 407 g/mol. The molecule has 2 N–H and O–H groups in total. The second-order valence-electron chi connectivity index (χ2n) is 6.70. The van der Waals surface area contributed by atoms with Gasteiger partial charge in [0.05, 0.1) is 11.4 Å². The van der Waals surface area contributed by atoms with Crippen molar-refractivity contribution >= 4 is 17.7 Å². The lowest BCUT2D eigenvalue weighted by atomic mass is 10.1. The largest absolute Gasteiger partial charge is 0.289 e. The topological polar surface area (TPSA) is 75.1 Å². The smallest absolute Gasteiger partial charge is 0.243 e. The summed E-state index contributed by atoms with van der Waals surface area (Å²) in [7, 11) is 0. The molecule has 1 amide bonds. The molecule has 0 spiro atoms. The van der Waals surface area contributed by atoms with E-state index in [2.05, 4.69) is 24.3 Å². The zero-order valence-electron chi connectivity index (χ0n) is 16.3. The van der Waals surface area contributed by atoms with Crippen molar-refractivity contribution in [3.63, 3.8) is 0 Å². The van der Waals surface area contributed by atoms with Gasteiger partial charge < -0.3 is 0 Å². The average Bonchev–Trinajstić information content (AvgIpc) is 2.79. The number of benzene rings is 2. The highest BCUT2D eigenvalue weighted by molar-refractivity contribution is 7.99. The third-order valence-electron chi connectivity index (χ3n) is 4.50. The van der Waals surface area contributed by atoms with E-state index in [1.165, 1.54) is 0 Å². The van der Waals surface area contributed by atoms with Crippen LogP contribution in [0.15, 0.2) is 71.9 Å². The normalized spacial score (nSPS) is 10.7. The van der Waals surface area contributed by atoms with E-state index in [0.717, 1.165) is 59.1 Å². The van der Waals surface area contributed by atoms with Gasteiger partial charge in [0.15, 0.2) is 5.16 Å². The Balaban J connectivity index is 1.64. The summed E-state index contributed by atoms with van der Waals surface area (Å²) >= 11 is 1.67. The number of amides is 1. The highest BCUT2D eigenvalue weighted by atomic mass is 32.2. The summed E-state index contributed by atoms with van der Waals surface area (Å²) in [5.41, 5.74) is 5.68. The van der Waals surface area contributed by atoms with Crippen LogP contribution in [0, 0.1) is 0 Å². The summed E-state index contributed by atoms with van der Waals surface area (Å²) in [5.74, 6) is 0.609. The van der Waals surface area contributed by atoms with Crippen LogP contribution < -0.4 is 5.48 Å². The molecular weight excluding hydrogens is 382 g/mol. The molecular formula is C23H25N3O2S. The highest BCUT2D eigenvalue weighted by Crippen LogP contribution is 2.27. The summed E-state index contributed by atoms with van der Waals surface area (Å²) in [6.45, 7) is 0.